The van der Waals surface area contributed by atoms with Gasteiger partial charge in [0.1, 0.15) is 6.29 Å². The summed E-state index contributed by atoms with van der Waals surface area (Å²) in [5.74, 6) is 1.07. The van der Waals surface area contributed by atoms with Gasteiger partial charge in [0.15, 0.2) is 0 Å². The van der Waals surface area contributed by atoms with Gasteiger partial charge in [-0.2, -0.15) is 0 Å². The minimum atomic E-state index is 0.0226. The lowest BCUT2D eigenvalue weighted by molar-refractivity contribution is -0.109. The Morgan fingerprint density at radius 3 is 2.50 bits per heavy atom. The third-order valence-electron chi connectivity index (χ3n) is 2.10. The maximum atomic E-state index is 10.7. The van der Waals surface area contributed by atoms with Gasteiger partial charge in [0.25, 0.3) is 0 Å². The first-order valence-corrected chi connectivity index (χ1v) is 4.92. The van der Waals surface area contributed by atoms with E-state index in [0.717, 1.165) is 24.9 Å². The van der Waals surface area contributed by atoms with Gasteiger partial charge in [-0.15, -0.1) is 11.8 Å². The fourth-order valence-corrected chi connectivity index (χ4v) is 2.78. The van der Waals surface area contributed by atoms with Gasteiger partial charge in [-0.25, -0.2) is 0 Å². The molecule has 0 heterocycles. The molecular weight excluding hydrogens is 144 g/mol. The van der Waals surface area contributed by atoms with Crippen LogP contribution in [-0.2, 0) is 4.79 Å². The summed E-state index contributed by atoms with van der Waals surface area (Å²) in [5, 5.41) is 0. The number of carbonyl (C=O) groups excluding carboxylic acids is 1. The zero-order valence-corrected chi connectivity index (χ0v) is 7.25. The summed E-state index contributed by atoms with van der Waals surface area (Å²) in [4.78, 5) is 10.7. The third kappa shape index (κ3) is 1.54. The second-order valence-electron chi connectivity index (χ2n) is 2.82. The molecule has 1 fully saturated rings. The van der Waals surface area contributed by atoms with Gasteiger partial charge in [0, 0.05) is 0 Å². The highest BCUT2D eigenvalue weighted by Crippen LogP contribution is 2.39. The summed E-state index contributed by atoms with van der Waals surface area (Å²) in [6.07, 6.45) is 5.86. The Kier molecular flexibility index (Phi) is 2.78. The third-order valence-corrected chi connectivity index (χ3v) is 3.46. The molecule has 1 aliphatic rings. The van der Waals surface area contributed by atoms with Crippen LogP contribution in [0.2, 0.25) is 0 Å². The van der Waals surface area contributed by atoms with Gasteiger partial charge >= 0.3 is 0 Å². The van der Waals surface area contributed by atoms with Crippen LogP contribution in [0, 0.1) is 0 Å². The van der Waals surface area contributed by atoms with Crippen LogP contribution in [0.15, 0.2) is 0 Å². The summed E-state index contributed by atoms with van der Waals surface area (Å²) in [5.41, 5.74) is 0. The lowest BCUT2D eigenvalue weighted by atomic mass is 10.1. The van der Waals surface area contributed by atoms with Crippen molar-refractivity contribution in [1.29, 1.82) is 0 Å². The van der Waals surface area contributed by atoms with Crippen molar-refractivity contribution < 1.29 is 4.79 Å². The first-order chi connectivity index (χ1) is 4.83. The maximum absolute atomic E-state index is 10.7. The quantitative estimate of drug-likeness (QED) is 0.586. The Bertz CT molecular complexity index is 116. The molecule has 0 aliphatic heterocycles. The van der Waals surface area contributed by atoms with Crippen molar-refractivity contribution in [3.05, 3.63) is 0 Å². The predicted octanol–water partition coefficient (Wildman–Crippen LogP) is 2.25. The van der Waals surface area contributed by atoms with Crippen LogP contribution in [0.1, 0.15) is 32.6 Å². The highest BCUT2D eigenvalue weighted by atomic mass is 32.2. The second kappa shape index (κ2) is 3.42. The molecule has 0 aromatic heterocycles. The Morgan fingerprint density at radius 2 is 2.10 bits per heavy atom. The molecule has 0 aromatic rings. The van der Waals surface area contributed by atoms with E-state index in [2.05, 4.69) is 6.92 Å². The van der Waals surface area contributed by atoms with E-state index in [-0.39, 0.29) is 4.75 Å². The molecule has 1 rings (SSSR count). The molecule has 1 aliphatic carbocycles. The number of aldehydes is 1. The smallest absolute Gasteiger partial charge is 0.136 e. The van der Waals surface area contributed by atoms with E-state index < -0.39 is 0 Å². The summed E-state index contributed by atoms with van der Waals surface area (Å²) in [7, 11) is 0. The maximum Gasteiger partial charge on any atom is 0.136 e. The summed E-state index contributed by atoms with van der Waals surface area (Å²) < 4.78 is 0.0226. The molecule has 1 nitrogen and oxygen atoms in total. The number of hydrogen-bond acceptors (Lipinski definition) is 2. The van der Waals surface area contributed by atoms with E-state index in [1.807, 2.05) is 11.8 Å². The van der Waals surface area contributed by atoms with Crippen molar-refractivity contribution >= 4 is 18.0 Å². The average molecular weight is 158 g/mol. The van der Waals surface area contributed by atoms with Gasteiger partial charge in [0.05, 0.1) is 4.75 Å². The lowest BCUT2D eigenvalue weighted by Gasteiger charge is -2.19. The van der Waals surface area contributed by atoms with E-state index in [4.69, 9.17) is 0 Å². The van der Waals surface area contributed by atoms with Gasteiger partial charge in [-0.05, 0) is 18.6 Å². The molecule has 10 heavy (non-hydrogen) atoms. The van der Waals surface area contributed by atoms with Crippen LogP contribution >= 0.6 is 11.8 Å². The molecular formula is C8H14OS. The van der Waals surface area contributed by atoms with Crippen molar-refractivity contribution in [3.8, 4) is 0 Å². The monoisotopic (exact) mass is 158 g/mol. The highest BCUT2D eigenvalue weighted by molar-refractivity contribution is 8.01. The fraction of sp³-hybridized carbons (Fsp3) is 0.875. The number of carbonyl (C=O) groups is 1. The highest BCUT2D eigenvalue weighted by Gasteiger charge is 2.32. The van der Waals surface area contributed by atoms with Gasteiger partial charge in [-0.3, -0.25) is 0 Å². The molecule has 0 amide bonds. The van der Waals surface area contributed by atoms with E-state index in [1.165, 1.54) is 12.8 Å². The van der Waals surface area contributed by atoms with Gasteiger partial charge in [-0.1, -0.05) is 19.8 Å². The summed E-state index contributed by atoms with van der Waals surface area (Å²) in [6.45, 7) is 2.12. The van der Waals surface area contributed by atoms with Crippen LogP contribution in [0.5, 0.6) is 0 Å². The van der Waals surface area contributed by atoms with Gasteiger partial charge < -0.3 is 4.79 Å². The zero-order chi connectivity index (χ0) is 7.45. The molecule has 1 saturated carbocycles. The first-order valence-electron chi connectivity index (χ1n) is 3.93. The number of thioether (sulfide) groups is 1. The molecule has 0 spiro atoms. The molecule has 58 valence electrons. The van der Waals surface area contributed by atoms with E-state index in [9.17, 15) is 4.79 Å². The zero-order valence-electron chi connectivity index (χ0n) is 6.43. The summed E-state index contributed by atoms with van der Waals surface area (Å²) in [6, 6.07) is 0. The molecule has 0 bridgehead atoms. The Balaban J connectivity index is 2.49. The molecule has 2 heteroatoms. The normalized spacial score (nSPS) is 22.9. The Morgan fingerprint density at radius 1 is 1.50 bits per heavy atom. The molecule has 0 atom stereocenters. The topological polar surface area (TPSA) is 17.1 Å². The number of rotatable bonds is 3. The van der Waals surface area contributed by atoms with Crippen molar-refractivity contribution in [2.75, 3.05) is 5.75 Å². The molecule has 0 aromatic carbocycles. The molecule has 0 saturated heterocycles. The van der Waals surface area contributed by atoms with Crippen LogP contribution in [0.3, 0.4) is 0 Å². The fourth-order valence-electron chi connectivity index (χ4n) is 1.56. The average Bonchev–Trinajstić information content (AvgIpc) is 2.39. The SMILES string of the molecule is CCSC1(C=O)CCCC1. The molecule has 0 unspecified atom stereocenters. The Labute approximate surface area is 66.6 Å². The van der Waals surface area contributed by atoms with Gasteiger partial charge in [0.2, 0.25) is 0 Å². The largest absolute Gasteiger partial charge is 0.302 e. The standard InChI is InChI=1S/C8H14OS/c1-2-10-8(7-9)5-3-4-6-8/h7H,2-6H2,1H3. The predicted molar refractivity (Wildman–Crippen MR) is 45.4 cm³/mol. The van der Waals surface area contributed by atoms with Crippen LogP contribution in [-0.4, -0.2) is 16.8 Å². The lowest BCUT2D eigenvalue weighted by Crippen LogP contribution is -2.21. The van der Waals surface area contributed by atoms with E-state index in [1.54, 1.807) is 0 Å². The van der Waals surface area contributed by atoms with Crippen LogP contribution in [0.25, 0.3) is 0 Å². The Hall–Kier alpha value is 0.0200. The first kappa shape index (κ1) is 8.12. The van der Waals surface area contributed by atoms with Crippen LogP contribution < -0.4 is 0 Å². The van der Waals surface area contributed by atoms with Crippen molar-refractivity contribution in [1.82, 2.24) is 0 Å². The summed E-state index contributed by atoms with van der Waals surface area (Å²) >= 11 is 1.82. The molecule has 0 radical (unpaired) electrons. The number of hydrogen-bond donors (Lipinski definition) is 0. The van der Waals surface area contributed by atoms with E-state index >= 15 is 0 Å². The minimum absolute atomic E-state index is 0.0226. The van der Waals surface area contributed by atoms with Crippen molar-refractivity contribution in [2.45, 2.75) is 37.4 Å². The molecule has 0 N–H and O–H groups in total. The van der Waals surface area contributed by atoms with Crippen LogP contribution in [0.4, 0.5) is 0 Å². The minimum Gasteiger partial charge on any atom is -0.302 e. The second-order valence-corrected chi connectivity index (χ2v) is 4.50. The van der Waals surface area contributed by atoms with E-state index in [0.29, 0.717) is 0 Å². The van der Waals surface area contributed by atoms with Crippen molar-refractivity contribution in [3.63, 3.8) is 0 Å². The van der Waals surface area contributed by atoms with Crippen molar-refractivity contribution in [2.24, 2.45) is 0 Å².